The van der Waals surface area contributed by atoms with Crippen molar-refractivity contribution in [1.29, 1.82) is 0 Å². The number of hydrogen-bond acceptors (Lipinski definition) is 2. The third-order valence-corrected chi connectivity index (χ3v) is 3.85. The summed E-state index contributed by atoms with van der Waals surface area (Å²) in [5.41, 5.74) is 4.56. The Kier molecular flexibility index (Phi) is 2.71. The van der Waals surface area contributed by atoms with Crippen LogP contribution in [0, 0.1) is 6.92 Å². The Labute approximate surface area is 122 Å². The number of aromatic nitrogens is 3. The van der Waals surface area contributed by atoms with Gasteiger partial charge >= 0.3 is 0 Å². The first-order chi connectivity index (χ1) is 10.3. The van der Waals surface area contributed by atoms with Gasteiger partial charge in [0.15, 0.2) is 0 Å². The van der Waals surface area contributed by atoms with Gasteiger partial charge in [0.05, 0.1) is 12.1 Å². The second-order valence-corrected chi connectivity index (χ2v) is 5.39. The van der Waals surface area contributed by atoms with Crippen molar-refractivity contribution < 1.29 is 0 Å². The van der Waals surface area contributed by atoms with Crippen molar-refractivity contribution in [3.05, 3.63) is 71.8 Å². The van der Waals surface area contributed by atoms with Gasteiger partial charge in [-0.1, -0.05) is 65.4 Å². The fourth-order valence-electron chi connectivity index (χ4n) is 2.72. The van der Waals surface area contributed by atoms with E-state index in [0.717, 1.165) is 17.6 Å². The third kappa shape index (κ3) is 2.07. The number of aryl methyl sites for hydroxylation is 1. The molecular weight excluding hydrogens is 258 g/mol. The largest absolute Gasteiger partial charge is 0.240 e. The molecule has 3 nitrogen and oxygen atoms in total. The molecule has 1 heterocycles. The van der Waals surface area contributed by atoms with E-state index >= 15 is 0 Å². The van der Waals surface area contributed by atoms with Crippen LogP contribution in [0.25, 0.3) is 21.8 Å². The summed E-state index contributed by atoms with van der Waals surface area (Å²) in [6, 6.07) is 21.1. The van der Waals surface area contributed by atoms with Crippen molar-refractivity contribution in [3.63, 3.8) is 0 Å². The van der Waals surface area contributed by atoms with Crippen LogP contribution in [0.15, 0.2) is 60.7 Å². The molecule has 4 rings (SSSR count). The first-order valence-electron chi connectivity index (χ1n) is 7.08. The van der Waals surface area contributed by atoms with Crippen LogP contribution in [-0.2, 0) is 6.54 Å². The summed E-state index contributed by atoms with van der Waals surface area (Å²) >= 11 is 0. The van der Waals surface area contributed by atoms with Gasteiger partial charge in [-0.15, -0.1) is 5.10 Å². The Hall–Kier alpha value is -2.68. The average Bonchev–Trinajstić information content (AvgIpc) is 2.93. The van der Waals surface area contributed by atoms with Gasteiger partial charge in [0.25, 0.3) is 0 Å². The highest BCUT2D eigenvalue weighted by Crippen LogP contribution is 2.24. The summed E-state index contributed by atoms with van der Waals surface area (Å²) in [6.07, 6.45) is 0. The van der Waals surface area contributed by atoms with E-state index in [4.69, 9.17) is 0 Å². The molecule has 0 bridgehead atoms. The minimum atomic E-state index is 0.741. The van der Waals surface area contributed by atoms with Crippen LogP contribution in [0.1, 0.15) is 11.1 Å². The summed E-state index contributed by atoms with van der Waals surface area (Å²) < 4.78 is 1.99. The van der Waals surface area contributed by atoms with Gasteiger partial charge in [0, 0.05) is 5.39 Å². The highest BCUT2D eigenvalue weighted by atomic mass is 15.4. The van der Waals surface area contributed by atoms with Crippen LogP contribution >= 0.6 is 0 Å². The third-order valence-electron chi connectivity index (χ3n) is 3.85. The molecule has 0 aliphatic heterocycles. The normalized spacial score (nSPS) is 11.3. The predicted molar refractivity (Wildman–Crippen MR) is 85.3 cm³/mol. The van der Waals surface area contributed by atoms with Crippen LogP contribution in [0.4, 0.5) is 0 Å². The first-order valence-corrected chi connectivity index (χ1v) is 7.08. The lowest BCUT2D eigenvalue weighted by Gasteiger charge is -2.05. The summed E-state index contributed by atoms with van der Waals surface area (Å²) in [4.78, 5) is 0. The van der Waals surface area contributed by atoms with Gasteiger partial charge in [-0.2, -0.15) is 0 Å². The maximum atomic E-state index is 4.33. The van der Waals surface area contributed by atoms with E-state index in [1.54, 1.807) is 0 Å². The molecule has 0 aliphatic rings. The van der Waals surface area contributed by atoms with Gasteiger partial charge in [-0.25, -0.2) is 4.68 Å². The molecule has 0 aliphatic carbocycles. The Balaban J connectivity index is 1.88. The van der Waals surface area contributed by atoms with Crippen molar-refractivity contribution >= 4 is 21.8 Å². The van der Waals surface area contributed by atoms with Crippen molar-refractivity contribution in [2.45, 2.75) is 13.5 Å². The number of nitrogens with zero attached hydrogens (tertiary/aromatic N) is 3. The van der Waals surface area contributed by atoms with E-state index in [2.05, 4.69) is 71.8 Å². The van der Waals surface area contributed by atoms with Gasteiger partial charge < -0.3 is 0 Å². The predicted octanol–water partition coefficient (Wildman–Crippen LogP) is 3.94. The molecule has 3 heteroatoms. The zero-order valence-electron chi connectivity index (χ0n) is 11.8. The summed E-state index contributed by atoms with van der Waals surface area (Å²) in [5, 5.41) is 11.0. The highest BCUT2D eigenvalue weighted by molar-refractivity contribution is 6.03. The van der Waals surface area contributed by atoms with Crippen molar-refractivity contribution in [2.24, 2.45) is 0 Å². The molecule has 4 aromatic rings. The number of benzene rings is 3. The first kappa shape index (κ1) is 12.1. The Morgan fingerprint density at radius 3 is 2.57 bits per heavy atom. The monoisotopic (exact) mass is 273 g/mol. The minimum absolute atomic E-state index is 0.741. The SMILES string of the molecule is Cc1ccc(Cn2nnc3ccc4ccccc4c32)cc1. The van der Waals surface area contributed by atoms with E-state index < -0.39 is 0 Å². The molecule has 3 aromatic carbocycles. The van der Waals surface area contributed by atoms with Gasteiger partial charge in [0.2, 0.25) is 0 Å². The molecular formula is C18H15N3. The quantitative estimate of drug-likeness (QED) is 0.554. The summed E-state index contributed by atoms with van der Waals surface area (Å²) in [6.45, 7) is 2.84. The molecule has 0 atom stereocenters. The molecule has 102 valence electrons. The van der Waals surface area contributed by atoms with E-state index in [1.807, 2.05) is 10.7 Å². The number of rotatable bonds is 2. The zero-order chi connectivity index (χ0) is 14.2. The second kappa shape index (κ2) is 4.70. The van der Waals surface area contributed by atoms with E-state index in [0.29, 0.717) is 0 Å². The van der Waals surface area contributed by atoms with Crippen LogP contribution in [0.5, 0.6) is 0 Å². The van der Waals surface area contributed by atoms with Crippen LogP contribution in [-0.4, -0.2) is 15.0 Å². The summed E-state index contributed by atoms with van der Waals surface area (Å²) in [5.74, 6) is 0. The molecule has 0 saturated carbocycles. The smallest absolute Gasteiger partial charge is 0.113 e. The zero-order valence-corrected chi connectivity index (χ0v) is 11.8. The topological polar surface area (TPSA) is 30.7 Å². The van der Waals surface area contributed by atoms with Gasteiger partial charge in [-0.05, 0) is 23.9 Å². The molecule has 21 heavy (non-hydrogen) atoms. The van der Waals surface area contributed by atoms with Gasteiger partial charge in [-0.3, -0.25) is 0 Å². The fraction of sp³-hybridized carbons (Fsp3) is 0.111. The Morgan fingerprint density at radius 2 is 1.71 bits per heavy atom. The molecule has 1 aromatic heterocycles. The molecule has 0 radical (unpaired) electrons. The number of fused-ring (bicyclic) bond motifs is 3. The van der Waals surface area contributed by atoms with Crippen molar-refractivity contribution in [1.82, 2.24) is 15.0 Å². The van der Waals surface area contributed by atoms with Crippen molar-refractivity contribution in [2.75, 3.05) is 0 Å². The Morgan fingerprint density at radius 1 is 0.905 bits per heavy atom. The van der Waals surface area contributed by atoms with E-state index in [-0.39, 0.29) is 0 Å². The molecule has 0 saturated heterocycles. The molecule has 0 unspecified atom stereocenters. The lowest BCUT2D eigenvalue weighted by molar-refractivity contribution is 0.671. The molecule has 0 amide bonds. The fourth-order valence-corrected chi connectivity index (χ4v) is 2.72. The van der Waals surface area contributed by atoms with Crippen LogP contribution in [0.2, 0.25) is 0 Å². The molecule has 0 spiro atoms. The second-order valence-electron chi connectivity index (χ2n) is 5.39. The van der Waals surface area contributed by atoms with Gasteiger partial charge in [0.1, 0.15) is 5.52 Å². The van der Waals surface area contributed by atoms with E-state index in [9.17, 15) is 0 Å². The van der Waals surface area contributed by atoms with E-state index in [1.165, 1.54) is 21.9 Å². The highest BCUT2D eigenvalue weighted by Gasteiger charge is 2.08. The minimum Gasteiger partial charge on any atom is -0.240 e. The lowest BCUT2D eigenvalue weighted by Crippen LogP contribution is -2.02. The Bertz CT molecular complexity index is 920. The van der Waals surface area contributed by atoms with Crippen molar-refractivity contribution in [3.8, 4) is 0 Å². The summed E-state index contributed by atoms with van der Waals surface area (Å²) in [7, 11) is 0. The standard InChI is InChI=1S/C18H15N3/c1-13-6-8-14(9-7-13)12-21-18-16-5-3-2-4-15(16)10-11-17(18)19-20-21/h2-11H,12H2,1H3. The molecule has 0 fully saturated rings. The van der Waals surface area contributed by atoms with Crippen LogP contribution < -0.4 is 0 Å². The van der Waals surface area contributed by atoms with Crippen LogP contribution in [0.3, 0.4) is 0 Å². The lowest BCUT2D eigenvalue weighted by atomic mass is 10.1. The average molecular weight is 273 g/mol. The molecule has 0 N–H and O–H groups in total. The maximum Gasteiger partial charge on any atom is 0.113 e. The maximum absolute atomic E-state index is 4.33. The number of hydrogen-bond donors (Lipinski definition) is 0.